The summed E-state index contributed by atoms with van der Waals surface area (Å²) < 4.78 is 28.4. The van der Waals surface area contributed by atoms with Crippen molar-refractivity contribution in [2.75, 3.05) is 25.4 Å². The third-order valence-electron chi connectivity index (χ3n) is 6.09. The third kappa shape index (κ3) is 9.95. The van der Waals surface area contributed by atoms with E-state index in [1.807, 2.05) is 44.2 Å². The molecule has 1 saturated heterocycles. The van der Waals surface area contributed by atoms with Gasteiger partial charge in [-0.1, -0.05) is 44.2 Å². The van der Waals surface area contributed by atoms with E-state index in [0.29, 0.717) is 25.7 Å². The molecule has 1 aliphatic rings. The van der Waals surface area contributed by atoms with Crippen LogP contribution in [0.5, 0.6) is 0 Å². The monoisotopic (exact) mass is 511 g/mol. The number of piperidine rings is 1. The van der Waals surface area contributed by atoms with E-state index >= 15 is 0 Å². The highest BCUT2D eigenvalue weighted by atomic mass is 32.2. The van der Waals surface area contributed by atoms with Crippen LogP contribution in [0.15, 0.2) is 30.3 Å². The first-order valence-corrected chi connectivity index (χ1v) is 13.6. The number of nitrogens with zero attached hydrogens (tertiary/aromatic N) is 1. The van der Waals surface area contributed by atoms with E-state index in [-0.39, 0.29) is 37.3 Å². The van der Waals surface area contributed by atoms with Crippen LogP contribution in [-0.2, 0) is 26.0 Å². The minimum atomic E-state index is -3.96. The molecular weight excluding hydrogens is 474 g/mol. The molecule has 35 heavy (non-hydrogen) atoms. The molecule has 1 aliphatic heterocycles. The zero-order valence-corrected chi connectivity index (χ0v) is 21.2. The number of likely N-dealkylation sites (tertiary alicyclic amines) is 1. The number of carbonyl (C=O) groups excluding carboxylic acids is 2. The molecule has 0 radical (unpaired) electrons. The summed E-state index contributed by atoms with van der Waals surface area (Å²) in [6.07, 6.45) is 0.822. The predicted octanol–water partition coefficient (Wildman–Crippen LogP) is 1.39. The maximum absolute atomic E-state index is 13.0. The number of ketones is 1. The number of carboxylic acid groups (broad SMARTS) is 1. The summed E-state index contributed by atoms with van der Waals surface area (Å²) in [5.74, 6) is -1.57. The van der Waals surface area contributed by atoms with Crippen molar-refractivity contribution in [3.8, 4) is 0 Å². The Kier molecular flexibility index (Phi) is 11.1. The molecule has 2 unspecified atom stereocenters. The van der Waals surface area contributed by atoms with Crippen LogP contribution < -0.4 is 10.0 Å². The van der Waals surface area contributed by atoms with Crippen LogP contribution in [0.2, 0.25) is 0 Å². The number of benzene rings is 1. The van der Waals surface area contributed by atoms with E-state index in [1.165, 1.54) is 4.90 Å². The molecule has 0 spiro atoms. The van der Waals surface area contributed by atoms with Crippen molar-refractivity contribution in [1.82, 2.24) is 14.9 Å². The minimum Gasteiger partial charge on any atom is -0.465 e. The summed E-state index contributed by atoms with van der Waals surface area (Å²) in [6, 6.07) is 7.59. The van der Waals surface area contributed by atoms with Crippen molar-refractivity contribution < 1.29 is 33.0 Å². The molecule has 0 bridgehead atoms. The molecule has 1 fully saturated rings. The number of amides is 2. The number of aliphatic hydroxyl groups is 1. The molecule has 11 heteroatoms. The van der Waals surface area contributed by atoms with Gasteiger partial charge in [-0.3, -0.25) is 9.59 Å². The standard InChI is InChI=1S/C24H37N3O7S/c1-17(2)14-20(25-23(30)19-10-12-27(13-11-19)24(31)32)16-35(33,34)26-21(22(29)15-28)9-8-18-6-4-3-5-7-18/h3-7,17,19-21,26,28H,8-16H2,1-2H3,(H,25,30)(H,31,32). The topological polar surface area (TPSA) is 153 Å². The molecule has 4 N–H and O–H groups in total. The summed E-state index contributed by atoms with van der Waals surface area (Å²) in [5, 5.41) is 21.2. The maximum atomic E-state index is 13.0. The van der Waals surface area contributed by atoms with E-state index < -0.39 is 46.3 Å². The van der Waals surface area contributed by atoms with Gasteiger partial charge in [-0.05, 0) is 43.6 Å². The highest BCUT2D eigenvalue weighted by Crippen LogP contribution is 2.19. The Balaban J connectivity index is 2.02. The van der Waals surface area contributed by atoms with Gasteiger partial charge in [-0.25, -0.2) is 17.9 Å². The Morgan fingerprint density at radius 2 is 1.74 bits per heavy atom. The lowest BCUT2D eigenvalue weighted by Crippen LogP contribution is -2.50. The Morgan fingerprint density at radius 1 is 1.11 bits per heavy atom. The molecule has 2 amide bonds. The van der Waals surface area contributed by atoms with Crippen LogP contribution in [0.3, 0.4) is 0 Å². The minimum absolute atomic E-state index is 0.109. The Labute approximate surface area is 207 Å². The van der Waals surface area contributed by atoms with E-state index in [0.717, 1.165) is 5.56 Å². The molecule has 1 aromatic rings. The van der Waals surface area contributed by atoms with Crippen molar-refractivity contribution in [1.29, 1.82) is 0 Å². The van der Waals surface area contributed by atoms with Gasteiger partial charge in [0.05, 0.1) is 11.8 Å². The quantitative estimate of drug-likeness (QED) is 0.312. The van der Waals surface area contributed by atoms with Gasteiger partial charge < -0.3 is 20.4 Å². The number of aryl methyl sites for hydroxylation is 1. The second kappa shape index (κ2) is 13.6. The number of rotatable bonds is 13. The van der Waals surface area contributed by atoms with E-state index in [2.05, 4.69) is 10.0 Å². The number of nitrogens with one attached hydrogen (secondary N) is 2. The zero-order valence-electron chi connectivity index (χ0n) is 20.4. The second-order valence-electron chi connectivity index (χ2n) is 9.48. The average Bonchev–Trinajstić information content (AvgIpc) is 2.81. The van der Waals surface area contributed by atoms with Crippen molar-refractivity contribution in [2.45, 2.75) is 58.0 Å². The molecule has 10 nitrogen and oxygen atoms in total. The van der Waals surface area contributed by atoms with Gasteiger partial charge in [0.15, 0.2) is 5.78 Å². The van der Waals surface area contributed by atoms with Gasteiger partial charge in [0.1, 0.15) is 6.61 Å². The fourth-order valence-corrected chi connectivity index (χ4v) is 5.80. The van der Waals surface area contributed by atoms with Crippen LogP contribution in [0.4, 0.5) is 4.79 Å². The normalized spacial score (nSPS) is 16.6. The molecule has 2 rings (SSSR count). The molecule has 2 atom stereocenters. The lowest BCUT2D eigenvalue weighted by molar-refractivity contribution is -0.127. The first kappa shape index (κ1) is 28.7. The summed E-state index contributed by atoms with van der Waals surface area (Å²) in [4.78, 5) is 37.4. The van der Waals surface area contributed by atoms with Crippen LogP contribution in [0, 0.1) is 11.8 Å². The van der Waals surface area contributed by atoms with Crippen molar-refractivity contribution >= 4 is 27.8 Å². The largest absolute Gasteiger partial charge is 0.465 e. The van der Waals surface area contributed by atoms with E-state index in [4.69, 9.17) is 5.11 Å². The Bertz CT molecular complexity index is 945. The number of hydrogen-bond donors (Lipinski definition) is 4. The zero-order chi connectivity index (χ0) is 26.0. The van der Waals surface area contributed by atoms with E-state index in [1.54, 1.807) is 0 Å². The van der Waals surface area contributed by atoms with Crippen molar-refractivity contribution in [2.24, 2.45) is 11.8 Å². The molecule has 1 heterocycles. The van der Waals surface area contributed by atoms with Crippen molar-refractivity contribution in [3.05, 3.63) is 35.9 Å². The van der Waals surface area contributed by atoms with E-state index in [9.17, 15) is 27.9 Å². The van der Waals surface area contributed by atoms with Crippen LogP contribution in [0.1, 0.15) is 45.1 Å². The Morgan fingerprint density at radius 3 is 2.29 bits per heavy atom. The van der Waals surface area contributed by atoms with Crippen molar-refractivity contribution in [3.63, 3.8) is 0 Å². The van der Waals surface area contributed by atoms with Crippen LogP contribution >= 0.6 is 0 Å². The first-order chi connectivity index (χ1) is 16.5. The van der Waals surface area contributed by atoms with Gasteiger partial charge >= 0.3 is 6.09 Å². The van der Waals surface area contributed by atoms with Gasteiger partial charge in [0.2, 0.25) is 15.9 Å². The third-order valence-corrected chi connectivity index (χ3v) is 7.57. The van der Waals surface area contributed by atoms with Gasteiger partial charge in [0.25, 0.3) is 0 Å². The molecule has 1 aromatic carbocycles. The lowest BCUT2D eigenvalue weighted by Gasteiger charge is -2.31. The Hall–Kier alpha value is -2.50. The van der Waals surface area contributed by atoms with Crippen LogP contribution in [0.25, 0.3) is 0 Å². The predicted molar refractivity (Wildman–Crippen MR) is 131 cm³/mol. The highest BCUT2D eigenvalue weighted by Gasteiger charge is 2.31. The molecule has 0 saturated carbocycles. The molecule has 0 aromatic heterocycles. The number of sulfonamides is 1. The van der Waals surface area contributed by atoms with Crippen LogP contribution in [-0.4, -0.2) is 78.8 Å². The molecule has 0 aliphatic carbocycles. The van der Waals surface area contributed by atoms with Gasteiger partial charge in [-0.15, -0.1) is 0 Å². The summed E-state index contributed by atoms with van der Waals surface area (Å²) >= 11 is 0. The van der Waals surface area contributed by atoms with Gasteiger partial charge in [-0.2, -0.15) is 0 Å². The smallest absolute Gasteiger partial charge is 0.407 e. The molecule has 196 valence electrons. The number of carbonyl (C=O) groups is 3. The van der Waals surface area contributed by atoms with Gasteiger partial charge in [0, 0.05) is 25.0 Å². The molecular formula is C24H37N3O7S. The second-order valence-corrected chi connectivity index (χ2v) is 11.3. The average molecular weight is 512 g/mol. The SMILES string of the molecule is CC(C)CC(CS(=O)(=O)NC(CCc1ccccc1)C(=O)CO)NC(=O)C1CCN(C(=O)O)CC1. The first-order valence-electron chi connectivity index (χ1n) is 12.0. The number of hydrogen-bond acceptors (Lipinski definition) is 6. The summed E-state index contributed by atoms with van der Waals surface area (Å²) in [5.41, 5.74) is 0.946. The lowest BCUT2D eigenvalue weighted by atomic mass is 9.95. The fourth-order valence-electron chi connectivity index (χ4n) is 4.27. The summed E-state index contributed by atoms with van der Waals surface area (Å²) in [7, 11) is -3.96. The summed E-state index contributed by atoms with van der Waals surface area (Å²) in [6.45, 7) is 3.58. The highest BCUT2D eigenvalue weighted by molar-refractivity contribution is 7.89. The number of Topliss-reactive ketones (excluding diaryl/α,β-unsaturated/α-hetero) is 1. The fraction of sp³-hybridized carbons (Fsp3) is 0.625. The maximum Gasteiger partial charge on any atom is 0.407 e. The number of aliphatic hydroxyl groups excluding tert-OH is 1.